The predicted octanol–water partition coefficient (Wildman–Crippen LogP) is 5.03. The van der Waals surface area contributed by atoms with Gasteiger partial charge in [0.25, 0.3) is 0 Å². The van der Waals surface area contributed by atoms with E-state index in [-0.39, 0.29) is 0 Å². The van der Waals surface area contributed by atoms with Gasteiger partial charge in [-0.05, 0) is 54.6 Å². The molecule has 0 aliphatic rings. The zero-order chi connectivity index (χ0) is 22.7. The van der Waals surface area contributed by atoms with Crippen LogP contribution in [0.5, 0.6) is 23.0 Å². The van der Waals surface area contributed by atoms with Crippen LogP contribution in [0.4, 0.5) is 5.69 Å². The molecule has 3 N–H and O–H groups in total. The van der Waals surface area contributed by atoms with Crippen LogP contribution in [0.1, 0.15) is 0 Å². The van der Waals surface area contributed by atoms with Crippen molar-refractivity contribution >= 4 is 5.69 Å². The molecule has 4 aromatic rings. The number of ether oxygens (including phenoxy) is 4. The Hall–Kier alpha value is -4.13. The number of nitrogens with zero attached hydrogens (tertiary/aromatic N) is 1. The van der Waals surface area contributed by atoms with Crippen molar-refractivity contribution in [2.24, 2.45) is 0 Å². The zero-order valence-electron chi connectivity index (χ0n) is 18.4. The van der Waals surface area contributed by atoms with Crippen LogP contribution in [-0.4, -0.2) is 38.4 Å². The Labute approximate surface area is 186 Å². The first-order chi connectivity index (χ1) is 15.6. The van der Waals surface area contributed by atoms with Crippen molar-refractivity contribution in [3.8, 4) is 56.9 Å². The predicted molar refractivity (Wildman–Crippen MR) is 126 cm³/mol. The van der Waals surface area contributed by atoms with Crippen molar-refractivity contribution in [3.63, 3.8) is 0 Å². The maximum atomic E-state index is 6.34. The number of nitrogens with one attached hydrogen (secondary N) is 1. The van der Waals surface area contributed by atoms with E-state index in [1.165, 1.54) is 0 Å². The van der Waals surface area contributed by atoms with Crippen LogP contribution < -0.4 is 24.7 Å². The van der Waals surface area contributed by atoms with Gasteiger partial charge in [-0.25, -0.2) is 4.98 Å². The molecule has 0 amide bonds. The molecule has 0 aliphatic heterocycles. The molecule has 1 aromatic heterocycles. The molecule has 7 heteroatoms. The lowest BCUT2D eigenvalue weighted by Crippen LogP contribution is -1.97. The number of aromatic nitrogens is 2. The average Bonchev–Trinajstić information content (AvgIpc) is 3.29. The van der Waals surface area contributed by atoms with E-state index >= 15 is 0 Å². The van der Waals surface area contributed by atoms with Crippen molar-refractivity contribution in [1.82, 2.24) is 9.97 Å². The highest BCUT2D eigenvalue weighted by Gasteiger charge is 2.19. The van der Waals surface area contributed by atoms with Crippen molar-refractivity contribution < 1.29 is 18.9 Å². The fourth-order valence-electron chi connectivity index (χ4n) is 3.52. The van der Waals surface area contributed by atoms with Gasteiger partial charge in [0.1, 0.15) is 17.3 Å². The Morgan fingerprint density at radius 1 is 0.688 bits per heavy atom. The summed E-state index contributed by atoms with van der Waals surface area (Å²) in [5.74, 6) is 3.32. The molecule has 4 rings (SSSR count). The first-order valence-corrected chi connectivity index (χ1v) is 9.98. The second kappa shape index (κ2) is 8.93. The third-order valence-electron chi connectivity index (χ3n) is 5.26. The largest absolute Gasteiger partial charge is 0.497 e. The van der Waals surface area contributed by atoms with Gasteiger partial charge in [0.05, 0.1) is 39.8 Å². The zero-order valence-corrected chi connectivity index (χ0v) is 18.4. The fraction of sp³-hybridized carbons (Fsp3) is 0.160. The Kier molecular flexibility index (Phi) is 5.89. The average molecular weight is 431 g/mol. The van der Waals surface area contributed by atoms with Crippen molar-refractivity contribution in [3.05, 3.63) is 60.7 Å². The molecule has 0 aliphatic carbocycles. The highest BCUT2D eigenvalue weighted by atomic mass is 16.5. The van der Waals surface area contributed by atoms with Gasteiger partial charge < -0.3 is 29.7 Å². The quantitative estimate of drug-likeness (QED) is 0.399. The highest BCUT2D eigenvalue weighted by Crippen LogP contribution is 2.39. The molecule has 32 heavy (non-hydrogen) atoms. The summed E-state index contributed by atoms with van der Waals surface area (Å²) in [7, 11) is 6.45. The van der Waals surface area contributed by atoms with E-state index < -0.39 is 0 Å². The fourth-order valence-corrected chi connectivity index (χ4v) is 3.52. The van der Waals surface area contributed by atoms with E-state index in [1.807, 2.05) is 54.6 Å². The summed E-state index contributed by atoms with van der Waals surface area (Å²) >= 11 is 0. The molecule has 0 saturated carbocycles. The van der Waals surface area contributed by atoms with E-state index in [9.17, 15) is 0 Å². The van der Waals surface area contributed by atoms with Crippen LogP contribution in [0.3, 0.4) is 0 Å². The van der Waals surface area contributed by atoms with Crippen molar-refractivity contribution in [2.45, 2.75) is 0 Å². The molecule has 0 radical (unpaired) electrons. The number of hydrogen-bond acceptors (Lipinski definition) is 6. The van der Waals surface area contributed by atoms with Crippen LogP contribution in [0.25, 0.3) is 33.9 Å². The lowest BCUT2D eigenvalue weighted by molar-refractivity contribution is 0.355. The summed E-state index contributed by atoms with van der Waals surface area (Å²) in [5.41, 5.74) is 11.1. The number of aromatic amines is 1. The van der Waals surface area contributed by atoms with Crippen LogP contribution in [0.2, 0.25) is 0 Å². The van der Waals surface area contributed by atoms with E-state index in [0.717, 1.165) is 39.6 Å². The molecule has 0 fully saturated rings. The van der Waals surface area contributed by atoms with E-state index in [0.29, 0.717) is 23.0 Å². The minimum Gasteiger partial charge on any atom is -0.497 e. The van der Waals surface area contributed by atoms with E-state index in [2.05, 4.69) is 4.98 Å². The van der Waals surface area contributed by atoms with Crippen LogP contribution in [0, 0.1) is 0 Å². The van der Waals surface area contributed by atoms with Crippen molar-refractivity contribution in [2.75, 3.05) is 34.2 Å². The standard InChI is InChI=1S/C25H25N3O4/c1-29-17-9-5-15(6-10-17)23-24(16-7-11-18(30-2)12-8-16)28-25(27-23)19-13-21(31-3)22(32-4)14-20(19)26/h5-14H,26H2,1-4H3,(H,27,28). The number of rotatable bonds is 7. The van der Waals surface area contributed by atoms with Gasteiger partial charge in [-0.3, -0.25) is 0 Å². The Balaban J connectivity index is 1.89. The third kappa shape index (κ3) is 3.92. The minimum absolute atomic E-state index is 0.527. The maximum absolute atomic E-state index is 6.34. The summed E-state index contributed by atoms with van der Waals surface area (Å²) < 4.78 is 21.4. The summed E-state index contributed by atoms with van der Waals surface area (Å²) in [6, 6.07) is 19.1. The lowest BCUT2D eigenvalue weighted by atomic mass is 10.0. The normalized spacial score (nSPS) is 10.6. The molecule has 0 bridgehead atoms. The first kappa shape index (κ1) is 21.1. The Morgan fingerprint density at radius 3 is 1.75 bits per heavy atom. The number of methoxy groups -OCH3 is 4. The molecule has 0 unspecified atom stereocenters. The van der Waals surface area contributed by atoms with Crippen LogP contribution in [0.15, 0.2) is 60.7 Å². The topological polar surface area (TPSA) is 91.6 Å². The highest BCUT2D eigenvalue weighted by molar-refractivity contribution is 5.84. The molecule has 7 nitrogen and oxygen atoms in total. The number of nitrogen functional groups attached to an aromatic ring is 1. The van der Waals surface area contributed by atoms with Crippen molar-refractivity contribution in [1.29, 1.82) is 0 Å². The third-order valence-corrected chi connectivity index (χ3v) is 5.26. The van der Waals surface area contributed by atoms with Gasteiger partial charge in [0.2, 0.25) is 0 Å². The second-order valence-electron chi connectivity index (χ2n) is 7.06. The number of anilines is 1. The minimum atomic E-state index is 0.527. The molecular formula is C25H25N3O4. The number of hydrogen-bond donors (Lipinski definition) is 2. The van der Waals surface area contributed by atoms with E-state index in [1.54, 1.807) is 34.5 Å². The van der Waals surface area contributed by atoms with E-state index in [4.69, 9.17) is 29.7 Å². The number of nitrogens with two attached hydrogens (primary N) is 1. The van der Waals surface area contributed by atoms with Crippen LogP contribution in [-0.2, 0) is 0 Å². The smallest absolute Gasteiger partial charge is 0.162 e. The molecule has 3 aromatic carbocycles. The number of H-pyrrole nitrogens is 1. The van der Waals surface area contributed by atoms with Gasteiger partial charge in [0.15, 0.2) is 11.5 Å². The monoisotopic (exact) mass is 431 g/mol. The second-order valence-corrected chi connectivity index (χ2v) is 7.06. The Bertz CT molecular complexity index is 1150. The van der Waals surface area contributed by atoms with Gasteiger partial charge in [0, 0.05) is 28.4 Å². The number of imidazole rings is 1. The molecule has 1 heterocycles. The maximum Gasteiger partial charge on any atom is 0.162 e. The molecule has 164 valence electrons. The SMILES string of the molecule is COc1ccc(-c2nc(-c3cc(OC)c(OC)cc3N)[nH]c2-c2ccc(OC)cc2)cc1. The molecule has 0 saturated heterocycles. The number of benzene rings is 3. The Morgan fingerprint density at radius 2 is 1.22 bits per heavy atom. The summed E-state index contributed by atoms with van der Waals surface area (Å²) in [6.07, 6.45) is 0. The molecule has 0 atom stereocenters. The summed E-state index contributed by atoms with van der Waals surface area (Å²) in [4.78, 5) is 8.36. The van der Waals surface area contributed by atoms with Crippen LogP contribution >= 0.6 is 0 Å². The van der Waals surface area contributed by atoms with Gasteiger partial charge >= 0.3 is 0 Å². The lowest BCUT2D eigenvalue weighted by Gasteiger charge is -2.11. The summed E-state index contributed by atoms with van der Waals surface area (Å²) in [6.45, 7) is 0. The first-order valence-electron chi connectivity index (χ1n) is 9.98. The molecule has 0 spiro atoms. The van der Waals surface area contributed by atoms with Gasteiger partial charge in [-0.2, -0.15) is 0 Å². The van der Waals surface area contributed by atoms with Gasteiger partial charge in [-0.15, -0.1) is 0 Å². The summed E-state index contributed by atoms with van der Waals surface area (Å²) in [5, 5.41) is 0. The van der Waals surface area contributed by atoms with Gasteiger partial charge in [-0.1, -0.05) is 0 Å². The molecular weight excluding hydrogens is 406 g/mol.